The molecule has 21 heavy (non-hydrogen) atoms. The molecular weight excluding hydrogens is 299 g/mol. The Bertz CT molecular complexity index is 326. The molecule has 0 aromatic rings. The number of esters is 1. The Morgan fingerprint density at radius 2 is 1.48 bits per heavy atom. The summed E-state index contributed by atoms with van der Waals surface area (Å²) in [4.78, 5) is 37.3. The van der Waals surface area contributed by atoms with E-state index in [2.05, 4.69) is 11.5 Å². The molecule has 0 heterocycles. The molecule has 0 atom stereocenters. The number of carbonyl (C=O) groups is 1. The van der Waals surface area contributed by atoms with E-state index in [1.54, 1.807) is 0 Å². The first-order valence-corrected chi connectivity index (χ1v) is 8.83. The lowest BCUT2D eigenvalue weighted by Crippen LogP contribution is -2.03. The van der Waals surface area contributed by atoms with E-state index in [0.717, 1.165) is 44.6 Å². The second kappa shape index (κ2) is 13.0. The van der Waals surface area contributed by atoms with Crippen LogP contribution >= 0.6 is 7.60 Å². The molecule has 0 aromatic carbocycles. The van der Waals surface area contributed by atoms with Crippen molar-refractivity contribution in [3.8, 4) is 0 Å². The van der Waals surface area contributed by atoms with Crippen LogP contribution in [0.1, 0.15) is 38.5 Å². The first-order chi connectivity index (χ1) is 9.95. The second-order valence-corrected chi connectivity index (χ2v) is 6.30. The molecule has 0 radical (unpaired) electrons. The van der Waals surface area contributed by atoms with Gasteiger partial charge in [0.25, 0.3) is 0 Å². The molecular formula is C13H25O7P. The van der Waals surface area contributed by atoms with Crippen LogP contribution in [0.25, 0.3) is 0 Å². The van der Waals surface area contributed by atoms with E-state index in [9.17, 15) is 9.36 Å². The lowest BCUT2D eigenvalue weighted by Gasteiger charge is -2.05. The van der Waals surface area contributed by atoms with Gasteiger partial charge >= 0.3 is 13.6 Å². The van der Waals surface area contributed by atoms with Gasteiger partial charge in [-0.05, 0) is 12.8 Å². The minimum atomic E-state index is -4.00. The average Bonchev–Trinajstić information content (AvgIpc) is 2.42. The SMILES string of the molecule is C=CC(=O)OCCCCCCCCOOCCP(=O)(O)O. The van der Waals surface area contributed by atoms with Gasteiger partial charge in [0.2, 0.25) is 0 Å². The number of hydrogen-bond donors (Lipinski definition) is 2. The molecule has 0 aromatic heterocycles. The molecule has 0 bridgehead atoms. The van der Waals surface area contributed by atoms with Crippen molar-refractivity contribution in [2.75, 3.05) is 26.0 Å². The molecule has 0 aliphatic heterocycles. The van der Waals surface area contributed by atoms with Gasteiger partial charge in [-0.1, -0.05) is 32.3 Å². The largest absolute Gasteiger partial charge is 0.463 e. The molecule has 0 saturated carbocycles. The quantitative estimate of drug-likeness (QED) is 0.126. The smallest absolute Gasteiger partial charge is 0.330 e. The molecule has 0 fully saturated rings. The van der Waals surface area contributed by atoms with Crippen LogP contribution in [0.15, 0.2) is 12.7 Å². The third-order valence-corrected chi connectivity index (χ3v) is 3.35. The van der Waals surface area contributed by atoms with Crippen LogP contribution in [0.3, 0.4) is 0 Å². The van der Waals surface area contributed by atoms with Crippen LogP contribution in [-0.4, -0.2) is 41.7 Å². The van der Waals surface area contributed by atoms with E-state index in [-0.39, 0.29) is 18.7 Å². The number of carbonyl (C=O) groups excluding carboxylic acids is 1. The minimum Gasteiger partial charge on any atom is -0.463 e. The third-order valence-electron chi connectivity index (χ3n) is 2.58. The second-order valence-electron chi connectivity index (χ2n) is 4.53. The predicted molar refractivity (Wildman–Crippen MR) is 77.7 cm³/mol. The van der Waals surface area contributed by atoms with E-state index in [4.69, 9.17) is 19.4 Å². The van der Waals surface area contributed by atoms with Crippen molar-refractivity contribution in [1.82, 2.24) is 0 Å². The van der Waals surface area contributed by atoms with Gasteiger partial charge in [-0.2, -0.15) is 0 Å². The standard InChI is InChI=1S/C13H25O7P/c1-2-13(14)18-9-7-5-3-4-6-8-10-19-20-11-12-21(15,16)17/h2H,1,3-12H2,(H2,15,16,17). The number of rotatable bonds is 14. The highest BCUT2D eigenvalue weighted by molar-refractivity contribution is 7.51. The number of unbranched alkanes of at least 4 members (excludes halogenated alkanes) is 5. The highest BCUT2D eigenvalue weighted by atomic mass is 31.2. The van der Waals surface area contributed by atoms with Gasteiger partial charge in [-0.25, -0.2) is 14.6 Å². The van der Waals surface area contributed by atoms with Crippen molar-refractivity contribution < 1.29 is 33.7 Å². The molecule has 0 saturated heterocycles. The van der Waals surface area contributed by atoms with Crippen molar-refractivity contribution in [1.29, 1.82) is 0 Å². The van der Waals surface area contributed by atoms with Crippen LogP contribution in [-0.2, 0) is 23.9 Å². The van der Waals surface area contributed by atoms with Gasteiger partial charge < -0.3 is 14.5 Å². The van der Waals surface area contributed by atoms with Gasteiger partial charge in [-0.15, -0.1) is 0 Å². The Morgan fingerprint density at radius 3 is 2.05 bits per heavy atom. The minimum absolute atomic E-state index is 0.103. The number of hydrogen-bond acceptors (Lipinski definition) is 5. The third kappa shape index (κ3) is 17.2. The van der Waals surface area contributed by atoms with Gasteiger partial charge in [0, 0.05) is 6.08 Å². The van der Waals surface area contributed by atoms with Crippen molar-refractivity contribution in [3.63, 3.8) is 0 Å². The maximum absolute atomic E-state index is 10.7. The molecule has 0 aliphatic carbocycles. The van der Waals surface area contributed by atoms with E-state index >= 15 is 0 Å². The van der Waals surface area contributed by atoms with Gasteiger partial charge in [0.05, 0.1) is 26.0 Å². The fraction of sp³-hybridized carbons (Fsp3) is 0.769. The Balaban J connectivity index is 3.11. The van der Waals surface area contributed by atoms with E-state index in [0.29, 0.717) is 13.2 Å². The maximum atomic E-state index is 10.7. The Hall–Kier alpha value is -0.720. The first kappa shape index (κ1) is 20.3. The van der Waals surface area contributed by atoms with E-state index in [1.807, 2.05) is 0 Å². The van der Waals surface area contributed by atoms with Crippen molar-refractivity contribution >= 4 is 13.6 Å². The molecule has 0 aliphatic rings. The van der Waals surface area contributed by atoms with E-state index in [1.165, 1.54) is 0 Å². The molecule has 8 heteroatoms. The Labute approximate surface area is 125 Å². The summed E-state index contributed by atoms with van der Waals surface area (Å²) in [7, 11) is -4.00. The monoisotopic (exact) mass is 324 g/mol. The number of ether oxygens (including phenoxy) is 1. The zero-order valence-electron chi connectivity index (χ0n) is 12.2. The van der Waals surface area contributed by atoms with Crippen molar-refractivity contribution in [2.24, 2.45) is 0 Å². The summed E-state index contributed by atoms with van der Waals surface area (Å²) in [5.74, 6) is -0.383. The van der Waals surface area contributed by atoms with Crippen LogP contribution in [0, 0.1) is 0 Å². The Kier molecular flexibility index (Phi) is 12.5. The van der Waals surface area contributed by atoms with Gasteiger partial charge in [0.15, 0.2) is 0 Å². The van der Waals surface area contributed by atoms with E-state index < -0.39 is 7.60 Å². The molecule has 124 valence electrons. The van der Waals surface area contributed by atoms with Crippen LogP contribution < -0.4 is 0 Å². The highest BCUT2D eigenvalue weighted by Crippen LogP contribution is 2.33. The van der Waals surface area contributed by atoms with Crippen LogP contribution in [0.5, 0.6) is 0 Å². The topological polar surface area (TPSA) is 102 Å². The molecule has 0 amide bonds. The van der Waals surface area contributed by atoms with Crippen LogP contribution in [0.4, 0.5) is 0 Å². The highest BCUT2D eigenvalue weighted by Gasteiger charge is 2.11. The zero-order chi connectivity index (χ0) is 16.0. The molecule has 2 N–H and O–H groups in total. The fourth-order valence-corrected chi connectivity index (χ4v) is 1.79. The molecule has 0 unspecified atom stereocenters. The first-order valence-electron chi connectivity index (χ1n) is 7.04. The van der Waals surface area contributed by atoms with Crippen LogP contribution in [0.2, 0.25) is 0 Å². The normalized spacial score (nSPS) is 11.3. The summed E-state index contributed by atoms with van der Waals surface area (Å²) in [6.07, 6.45) is 6.62. The summed E-state index contributed by atoms with van der Waals surface area (Å²) in [6.45, 7) is 4.06. The van der Waals surface area contributed by atoms with Crippen molar-refractivity contribution in [2.45, 2.75) is 38.5 Å². The van der Waals surface area contributed by atoms with Gasteiger partial charge in [0.1, 0.15) is 0 Å². The summed E-state index contributed by atoms with van der Waals surface area (Å²) in [5.41, 5.74) is 0. The average molecular weight is 324 g/mol. The Morgan fingerprint density at radius 1 is 0.952 bits per heavy atom. The maximum Gasteiger partial charge on any atom is 0.330 e. The lowest BCUT2D eigenvalue weighted by atomic mass is 10.1. The molecule has 7 nitrogen and oxygen atoms in total. The van der Waals surface area contributed by atoms with Crippen molar-refractivity contribution in [3.05, 3.63) is 12.7 Å². The summed E-state index contributed by atoms with van der Waals surface area (Å²) < 4.78 is 15.3. The predicted octanol–water partition coefficient (Wildman–Crippen LogP) is 2.18. The van der Waals surface area contributed by atoms with Gasteiger partial charge in [-0.3, -0.25) is 4.57 Å². The summed E-state index contributed by atoms with van der Waals surface area (Å²) in [5, 5.41) is 0. The lowest BCUT2D eigenvalue weighted by molar-refractivity contribution is -0.291. The summed E-state index contributed by atoms with van der Waals surface area (Å²) >= 11 is 0. The molecule has 0 spiro atoms. The molecule has 0 rings (SSSR count). The zero-order valence-corrected chi connectivity index (χ0v) is 13.1. The fourth-order valence-electron chi connectivity index (χ4n) is 1.48. The summed E-state index contributed by atoms with van der Waals surface area (Å²) in [6, 6.07) is 0.